The highest BCUT2D eigenvalue weighted by Gasteiger charge is 2.43. The summed E-state index contributed by atoms with van der Waals surface area (Å²) < 4.78 is 31.6. The number of carbonyl (C=O) groups is 1. The fourth-order valence-electron chi connectivity index (χ4n) is 1.35. The molecular weight excluding hydrogens is 230 g/mol. The summed E-state index contributed by atoms with van der Waals surface area (Å²) >= 11 is 0. The summed E-state index contributed by atoms with van der Waals surface area (Å²) in [5.74, 6) is -5.31. The van der Waals surface area contributed by atoms with Crippen LogP contribution in [0.4, 0.5) is 20.2 Å². The van der Waals surface area contributed by atoms with Gasteiger partial charge in [-0.3, -0.25) is 0 Å². The molecule has 0 aromatic heterocycles. The number of rotatable bonds is 3. The van der Waals surface area contributed by atoms with Gasteiger partial charge in [0.25, 0.3) is 0 Å². The second-order valence-electron chi connectivity index (χ2n) is 3.59. The van der Waals surface area contributed by atoms with Gasteiger partial charge in [0.1, 0.15) is 0 Å². The molecule has 0 atom stereocenters. The van der Waals surface area contributed by atoms with E-state index in [9.17, 15) is 13.6 Å². The first-order valence-corrected chi connectivity index (χ1v) is 5.01. The number of hydrogen-bond acceptors (Lipinski definition) is 4. The Morgan fingerprint density at radius 1 is 1.41 bits per heavy atom. The summed E-state index contributed by atoms with van der Waals surface area (Å²) in [5.41, 5.74) is 11.2. The molecule has 0 amide bonds. The maximum absolute atomic E-state index is 13.7. The Hall–Kier alpha value is -1.85. The van der Waals surface area contributed by atoms with E-state index in [1.165, 1.54) is 13.8 Å². The lowest BCUT2D eigenvalue weighted by Gasteiger charge is -2.17. The average Bonchev–Trinajstić information content (AvgIpc) is 2.25. The monoisotopic (exact) mass is 244 g/mol. The highest BCUT2D eigenvalue weighted by Crippen LogP contribution is 2.34. The van der Waals surface area contributed by atoms with Gasteiger partial charge in [0.2, 0.25) is 0 Å². The van der Waals surface area contributed by atoms with Crippen molar-refractivity contribution in [3.05, 3.63) is 23.3 Å². The van der Waals surface area contributed by atoms with Crippen LogP contribution in [0, 0.1) is 6.92 Å². The van der Waals surface area contributed by atoms with E-state index < -0.39 is 17.5 Å². The van der Waals surface area contributed by atoms with Crippen LogP contribution in [-0.4, -0.2) is 12.6 Å². The summed E-state index contributed by atoms with van der Waals surface area (Å²) in [6.45, 7) is 2.88. The maximum Gasteiger partial charge on any atom is 0.381 e. The number of nitrogens with two attached hydrogens (primary N) is 2. The van der Waals surface area contributed by atoms with Gasteiger partial charge in [-0.25, -0.2) is 4.79 Å². The van der Waals surface area contributed by atoms with Crippen molar-refractivity contribution in [2.24, 2.45) is 0 Å². The van der Waals surface area contributed by atoms with Crippen LogP contribution in [0.25, 0.3) is 0 Å². The Labute approximate surface area is 97.5 Å². The van der Waals surface area contributed by atoms with E-state index in [2.05, 4.69) is 4.74 Å². The van der Waals surface area contributed by atoms with Crippen LogP contribution in [0.2, 0.25) is 0 Å². The van der Waals surface area contributed by atoms with E-state index in [0.29, 0.717) is 5.56 Å². The molecule has 0 aliphatic rings. The van der Waals surface area contributed by atoms with Crippen LogP contribution in [0.3, 0.4) is 0 Å². The molecule has 6 heteroatoms. The van der Waals surface area contributed by atoms with Gasteiger partial charge in [0.15, 0.2) is 0 Å². The smallest absolute Gasteiger partial charge is 0.381 e. The van der Waals surface area contributed by atoms with E-state index in [-0.39, 0.29) is 18.0 Å². The number of halogens is 2. The number of benzene rings is 1. The first-order valence-electron chi connectivity index (χ1n) is 5.01. The van der Waals surface area contributed by atoms with Gasteiger partial charge < -0.3 is 16.2 Å². The van der Waals surface area contributed by atoms with Gasteiger partial charge >= 0.3 is 11.9 Å². The average molecular weight is 244 g/mol. The Bertz CT molecular complexity index is 424. The number of nitrogen functional groups attached to an aromatic ring is 2. The molecule has 1 aromatic rings. The lowest BCUT2D eigenvalue weighted by molar-refractivity contribution is -0.173. The van der Waals surface area contributed by atoms with Gasteiger partial charge in [0.05, 0.1) is 18.0 Å². The normalized spacial score (nSPS) is 11.3. The minimum absolute atomic E-state index is 0.0176. The van der Waals surface area contributed by atoms with Crippen molar-refractivity contribution in [2.45, 2.75) is 19.8 Å². The molecule has 0 radical (unpaired) electrons. The Morgan fingerprint density at radius 2 is 2.00 bits per heavy atom. The molecular formula is C11H14F2N2O2. The fourth-order valence-corrected chi connectivity index (χ4v) is 1.35. The summed E-state index contributed by atoms with van der Waals surface area (Å²) in [6.07, 6.45) is 0. The highest BCUT2D eigenvalue weighted by atomic mass is 19.3. The molecule has 0 saturated carbocycles. The number of anilines is 2. The van der Waals surface area contributed by atoms with E-state index in [1.54, 1.807) is 0 Å². The molecule has 4 N–H and O–H groups in total. The van der Waals surface area contributed by atoms with Gasteiger partial charge in [-0.15, -0.1) is 0 Å². The van der Waals surface area contributed by atoms with Gasteiger partial charge in [-0.1, -0.05) is 0 Å². The molecule has 1 aromatic carbocycles. The van der Waals surface area contributed by atoms with E-state index in [1.807, 2.05) is 0 Å². The van der Waals surface area contributed by atoms with E-state index >= 15 is 0 Å². The zero-order valence-electron chi connectivity index (χ0n) is 9.59. The fraction of sp³-hybridized carbons (Fsp3) is 0.364. The third-order valence-electron chi connectivity index (χ3n) is 2.31. The molecule has 17 heavy (non-hydrogen) atoms. The quantitative estimate of drug-likeness (QED) is 0.628. The zero-order chi connectivity index (χ0) is 13.2. The van der Waals surface area contributed by atoms with Crippen molar-refractivity contribution >= 4 is 17.3 Å². The molecule has 0 aliphatic heterocycles. The van der Waals surface area contributed by atoms with Gasteiger partial charge in [0, 0.05) is 5.56 Å². The summed E-state index contributed by atoms with van der Waals surface area (Å²) in [6, 6.07) is 2.11. The number of ether oxygens (including phenoxy) is 1. The van der Waals surface area contributed by atoms with E-state index in [4.69, 9.17) is 11.5 Å². The van der Waals surface area contributed by atoms with Gasteiger partial charge in [-0.05, 0) is 31.5 Å². The maximum atomic E-state index is 13.7. The van der Waals surface area contributed by atoms with Crippen molar-refractivity contribution in [1.29, 1.82) is 0 Å². The Kier molecular flexibility index (Phi) is 3.55. The molecule has 0 saturated heterocycles. The third-order valence-corrected chi connectivity index (χ3v) is 2.31. The van der Waals surface area contributed by atoms with Crippen LogP contribution in [-0.2, 0) is 15.5 Å². The number of esters is 1. The Balaban J connectivity index is 3.19. The largest absolute Gasteiger partial charge is 0.461 e. The van der Waals surface area contributed by atoms with Crippen molar-refractivity contribution < 1.29 is 18.3 Å². The van der Waals surface area contributed by atoms with Crippen LogP contribution in [0.15, 0.2) is 12.1 Å². The molecule has 0 heterocycles. The predicted molar refractivity (Wildman–Crippen MR) is 60.5 cm³/mol. The summed E-state index contributed by atoms with van der Waals surface area (Å²) in [4.78, 5) is 11.1. The topological polar surface area (TPSA) is 78.3 Å². The molecule has 0 fully saturated rings. The molecule has 0 bridgehead atoms. The first kappa shape index (κ1) is 13.2. The van der Waals surface area contributed by atoms with Gasteiger partial charge in [-0.2, -0.15) is 8.78 Å². The van der Waals surface area contributed by atoms with Crippen LogP contribution >= 0.6 is 0 Å². The molecule has 0 spiro atoms. The lowest BCUT2D eigenvalue weighted by Crippen LogP contribution is -2.28. The third kappa shape index (κ3) is 2.46. The molecule has 0 aliphatic carbocycles. The van der Waals surface area contributed by atoms with E-state index in [0.717, 1.165) is 12.1 Å². The highest BCUT2D eigenvalue weighted by molar-refractivity contribution is 5.81. The zero-order valence-corrected chi connectivity index (χ0v) is 9.59. The SMILES string of the molecule is CCOC(=O)C(F)(F)c1cc(C)c(N)c(N)c1. The van der Waals surface area contributed by atoms with Crippen LogP contribution < -0.4 is 11.5 Å². The lowest BCUT2D eigenvalue weighted by atomic mass is 10.0. The molecule has 94 valence electrons. The Morgan fingerprint density at radius 3 is 2.47 bits per heavy atom. The number of aryl methyl sites for hydroxylation is 1. The predicted octanol–water partition coefficient (Wildman–Crippen LogP) is 1.81. The summed E-state index contributed by atoms with van der Waals surface area (Å²) in [7, 11) is 0. The van der Waals surface area contributed by atoms with Crippen LogP contribution in [0.5, 0.6) is 0 Å². The number of alkyl halides is 2. The standard InChI is InChI=1S/C11H14F2N2O2/c1-3-17-10(16)11(12,13)7-4-6(2)9(15)8(14)5-7/h4-5H,3,14-15H2,1-2H3. The van der Waals surface area contributed by atoms with Crippen molar-refractivity contribution in [3.63, 3.8) is 0 Å². The number of hydrogen-bond donors (Lipinski definition) is 2. The first-order chi connectivity index (χ1) is 7.80. The molecule has 4 nitrogen and oxygen atoms in total. The second-order valence-corrected chi connectivity index (χ2v) is 3.59. The molecule has 0 unspecified atom stereocenters. The number of carbonyl (C=O) groups excluding carboxylic acids is 1. The summed E-state index contributed by atoms with van der Waals surface area (Å²) in [5, 5.41) is 0. The van der Waals surface area contributed by atoms with Crippen molar-refractivity contribution in [3.8, 4) is 0 Å². The minimum Gasteiger partial charge on any atom is -0.461 e. The molecule has 1 rings (SSSR count). The van der Waals surface area contributed by atoms with Crippen LogP contribution in [0.1, 0.15) is 18.1 Å². The van der Waals surface area contributed by atoms with Crippen molar-refractivity contribution in [2.75, 3.05) is 18.1 Å². The van der Waals surface area contributed by atoms with Crippen molar-refractivity contribution in [1.82, 2.24) is 0 Å². The second kappa shape index (κ2) is 4.57. The minimum atomic E-state index is -3.72.